The maximum Gasteiger partial charge on any atom is 0.0931 e. The highest BCUT2D eigenvalue weighted by atomic mass is 35.5. The summed E-state index contributed by atoms with van der Waals surface area (Å²) >= 11 is 7.46. The number of thiophene rings is 1. The van der Waals surface area contributed by atoms with E-state index in [1.165, 1.54) is 10.4 Å². The van der Waals surface area contributed by atoms with Crippen LogP contribution >= 0.6 is 22.9 Å². The molecule has 18 heavy (non-hydrogen) atoms. The normalized spacial score (nSPS) is 23.9. The van der Waals surface area contributed by atoms with Crippen molar-refractivity contribution < 1.29 is 5.11 Å². The fourth-order valence-electron chi connectivity index (χ4n) is 2.54. The number of hydrogen-bond donors (Lipinski definition) is 1. The van der Waals surface area contributed by atoms with Gasteiger partial charge < -0.3 is 5.11 Å². The molecule has 1 aliphatic carbocycles. The first-order chi connectivity index (χ1) is 8.74. The summed E-state index contributed by atoms with van der Waals surface area (Å²) < 4.78 is 0.799. The Hall–Kier alpha value is -0.830. The zero-order valence-electron chi connectivity index (χ0n) is 9.92. The molecular weight excluding hydrogens is 264 g/mol. The molecule has 1 aliphatic rings. The van der Waals surface area contributed by atoms with Crippen LogP contribution in [0.15, 0.2) is 42.5 Å². The van der Waals surface area contributed by atoms with E-state index < -0.39 is 0 Å². The summed E-state index contributed by atoms with van der Waals surface area (Å²) in [5, 5.41) is 10.2. The molecule has 0 aliphatic heterocycles. The summed E-state index contributed by atoms with van der Waals surface area (Å²) in [5.74, 6) is 0.949. The molecule has 0 amide bonds. The Kier molecular flexibility index (Phi) is 3.42. The molecular formula is C15H15ClOS. The predicted molar refractivity (Wildman–Crippen MR) is 76.3 cm³/mol. The molecule has 3 unspecified atom stereocenters. The second-order valence-electron chi connectivity index (χ2n) is 4.89. The van der Waals surface area contributed by atoms with Crippen LogP contribution in [0.25, 0.3) is 0 Å². The van der Waals surface area contributed by atoms with Gasteiger partial charge in [-0.1, -0.05) is 41.9 Å². The predicted octanol–water partition coefficient (Wildman–Crippen LogP) is 4.11. The fourth-order valence-corrected chi connectivity index (χ4v) is 3.68. The van der Waals surface area contributed by atoms with Crippen LogP contribution in [0.1, 0.15) is 22.8 Å². The van der Waals surface area contributed by atoms with Gasteiger partial charge in [-0.2, -0.15) is 0 Å². The first-order valence-corrected chi connectivity index (χ1v) is 7.40. The Balaban J connectivity index is 1.61. The second-order valence-corrected chi connectivity index (χ2v) is 6.69. The van der Waals surface area contributed by atoms with E-state index in [0.29, 0.717) is 11.8 Å². The standard InChI is InChI=1S/C15H15ClOS/c16-15-7-6-11(18-15)8-14(17)13-9-12(13)10-4-2-1-3-5-10/h1-7,12-14,17H,8-9H2. The molecule has 0 bridgehead atoms. The highest BCUT2D eigenvalue weighted by Crippen LogP contribution is 2.50. The van der Waals surface area contributed by atoms with Gasteiger partial charge in [-0.3, -0.25) is 0 Å². The molecule has 1 heterocycles. The maximum atomic E-state index is 10.2. The molecule has 0 saturated heterocycles. The second kappa shape index (κ2) is 5.04. The minimum absolute atomic E-state index is 0.245. The van der Waals surface area contributed by atoms with E-state index in [4.69, 9.17) is 11.6 Å². The third-order valence-corrected chi connectivity index (χ3v) is 4.85. The van der Waals surface area contributed by atoms with E-state index in [9.17, 15) is 5.11 Å². The molecule has 1 N–H and O–H groups in total. The van der Waals surface area contributed by atoms with Crippen LogP contribution in [0.2, 0.25) is 4.34 Å². The van der Waals surface area contributed by atoms with Gasteiger partial charge in [0.2, 0.25) is 0 Å². The highest BCUT2D eigenvalue weighted by Gasteiger charge is 2.43. The molecule has 0 radical (unpaired) electrons. The minimum atomic E-state index is -0.245. The lowest BCUT2D eigenvalue weighted by molar-refractivity contribution is 0.150. The molecule has 94 valence electrons. The van der Waals surface area contributed by atoms with E-state index >= 15 is 0 Å². The topological polar surface area (TPSA) is 20.2 Å². The molecule has 3 atom stereocenters. The first kappa shape index (κ1) is 12.2. The molecule has 1 fully saturated rings. The van der Waals surface area contributed by atoms with Crippen LogP contribution in [-0.4, -0.2) is 11.2 Å². The fraction of sp³-hybridized carbons (Fsp3) is 0.333. The van der Waals surface area contributed by atoms with Crippen molar-refractivity contribution in [3.05, 3.63) is 57.2 Å². The van der Waals surface area contributed by atoms with Gasteiger partial charge in [0.1, 0.15) is 0 Å². The zero-order chi connectivity index (χ0) is 12.5. The van der Waals surface area contributed by atoms with Gasteiger partial charge in [0, 0.05) is 11.3 Å². The van der Waals surface area contributed by atoms with Gasteiger partial charge in [-0.15, -0.1) is 11.3 Å². The van der Waals surface area contributed by atoms with Gasteiger partial charge in [0.25, 0.3) is 0 Å². The van der Waals surface area contributed by atoms with Crippen molar-refractivity contribution in [2.45, 2.75) is 24.9 Å². The summed E-state index contributed by atoms with van der Waals surface area (Å²) in [5.41, 5.74) is 1.35. The van der Waals surface area contributed by atoms with Crippen molar-refractivity contribution in [1.29, 1.82) is 0 Å². The van der Waals surface area contributed by atoms with E-state index in [0.717, 1.165) is 17.2 Å². The van der Waals surface area contributed by atoms with Gasteiger partial charge in [-0.05, 0) is 36.0 Å². The summed E-state index contributed by atoms with van der Waals surface area (Å²) in [6, 6.07) is 14.4. The summed E-state index contributed by atoms with van der Waals surface area (Å²) in [4.78, 5) is 1.17. The molecule has 3 rings (SSSR count). The molecule has 0 spiro atoms. The van der Waals surface area contributed by atoms with Crippen LogP contribution in [0.5, 0.6) is 0 Å². The van der Waals surface area contributed by atoms with E-state index in [2.05, 4.69) is 24.3 Å². The Morgan fingerprint density at radius 2 is 2.00 bits per heavy atom. The number of rotatable bonds is 4. The maximum absolute atomic E-state index is 10.2. The summed E-state index contributed by atoms with van der Waals surface area (Å²) in [7, 11) is 0. The Bertz CT molecular complexity index is 522. The quantitative estimate of drug-likeness (QED) is 0.892. The molecule has 1 nitrogen and oxygen atoms in total. The highest BCUT2D eigenvalue weighted by molar-refractivity contribution is 7.16. The molecule has 3 heteroatoms. The Morgan fingerprint density at radius 1 is 1.22 bits per heavy atom. The van der Waals surface area contributed by atoms with Gasteiger partial charge in [-0.25, -0.2) is 0 Å². The Morgan fingerprint density at radius 3 is 2.67 bits per heavy atom. The molecule has 1 aromatic carbocycles. The number of hydrogen-bond acceptors (Lipinski definition) is 2. The number of benzene rings is 1. The Labute approximate surface area is 116 Å². The SMILES string of the molecule is OC(Cc1ccc(Cl)s1)C1CC1c1ccccc1. The third-order valence-electron chi connectivity index (χ3n) is 3.60. The first-order valence-electron chi connectivity index (χ1n) is 6.21. The monoisotopic (exact) mass is 278 g/mol. The van der Waals surface area contributed by atoms with Crippen molar-refractivity contribution in [3.8, 4) is 0 Å². The smallest absolute Gasteiger partial charge is 0.0931 e. The number of aliphatic hydroxyl groups excluding tert-OH is 1. The van der Waals surface area contributed by atoms with Gasteiger partial charge >= 0.3 is 0 Å². The minimum Gasteiger partial charge on any atom is -0.392 e. The van der Waals surface area contributed by atoms with Crippen LogP contribution in [0.4, 0.5) is 0 Å². The van der Waals surface area contributed by atoms with E-state index in [1.807, 2.05) is 18.2 Å². The van der Waals surface area contributed by atoms with Crippen LogP contribution in [-0.2, 0) is 6.42 Å². The molecule has 1 aromatic heterocycles. The van der Waals surface area contributed by atoms with E-state index in [-0.39, 0.29) is 6.10 Å². The lowest BCUT2D eigenvalue weighted by Crippen LogP contribution is -2.13. The van der Waals surface area contributed by atoms with Gasteiger partial charge in [0.15, 0.2) is 0 Å². The lowest BCUT2D eigenvalue weighted by atomic mass is 10.0. The third kappa shape index (κ3) is 2.61. The van der Waals surface area contributed by atoms with Crippen LogP contribution in [0.3, 0.4) is 0 Å². The molecule has 1 saturated carbocycles. The largest absolute Gasteiger partial charge is 0.392 e. The van der Waals surface area contributed by atoms with Crippen molar-refractivity contribution in [2.24, 2.45) is 5.92 Å². The molecule has 2 aromatic rings. The van der Waals surface area contributed by atoms with Crippen LogP contribution < -0.4 is 0 Å². The summed E-state index contributed by atoms with van der Waals surface area (Å²) in [6.07, 6.45) is 1.58. The average molecular weight is 279 g/mol. The van der Waals surface area contributed by atoms with E-state index in [1.54, 1.807) is 11.3 Å². The van der Waals surface area contributed by atoms with Gasteiger partial charge in [0.05, 0.1) is 10.4 Å². The van der Waals surface area contributed by atoms with Crippen molar-refractivity contribution in [3.63, 3.8) is 0 Å². The van der Waals surface area contributed by atoms with Crippen molar-refractivity contribution >= 4 is 22.9 Å². The average Bonchev–Trinajstić information content (AvgIpc) is 3.09. The summed E-state index contributed by atoms with van der Waals surface area (Å²) in [6.45, 7) is 0. The van der Waals surface area contributed by atoms with Crippen molar-refractivity contribution in [1.82, 2.24) is 0 Å². The number of halogens is 1. The zero-order valence-corrected chi connectivity index (χ0v) is 11.5. The van der Waals surface area contributed by atoms with Crippen molar-refractivity contribution in [2.75, 3.05) is 0 Å². The lowest BCUT2D eigenvalue weighted by Gasteiger charge is -2.08. The number of aliphatic hydroxyl groups is 1. The van der Waals surface area contributed by atoms with Crippen LogP contribution in [0, 0.1) is 5.92 Å².